The maximum Gasteiger partial charge on any atom is 1.00 e. The van der Waals surface area contributed by atoms with Gasteiger partial charge in [-0.3, -0.25) is 0 Å². The van der Waals surface area contributed by atoms with Crippen LogP contribution in [-0.2, 0) is 14.9 Å². The van der Waals surface area contributed by atoms with E-state index >= 15 is 0 Å². The molecule has 1 aliphatic rings. The zero-order chi connectivity index (χ0) is 11.3. The summed E-state index contributed by atoms with van der Waals surface area (Å²) in [5.74, 6) is -0.322. The molecule has 1 saturated heterocycles. The molecule has 0 amide bonds. The van der Waals surface area contributed by atoms with Crippen molar-refractivity contribution in [3.8, 4) is 0 Å². The zero-order valence-corrected chi connectivity index (χ0v) is 12.8. The fourth-order valence-electron chi connectivity index (χ4n) is 1.71. The Morgan fingerprint density at radius 2 is 2.19 bits per heavy atom. The molecule has 1 heterocycles. The summed E-state index contributed by atoms with van der Waals surface area (Å²) >= 11 is 0. The topological polar surface area (TPSA) is 69.7 Å². The van der Waals surface area contributed by atoms with Crippen molar-refractivity contribution in [1.29, 1.82) is 0 Å². The van der Waals surface area contributed by atoms with Crippen LogP contribution in [0.3, 0.4) is 0 Å². The minimum Gasteiger partial charge on any atom is -0.748 e. The van der Waals surface area contributed by atoms with Gasteiger partial charge in [-0.1, -0.05) is 6.92 Å². The molecule has 0 aromatic heterocycles. The second-order valence-corrected chi connectivity index (χ2v) is 5.31. The van der Waals surface area contributed by atoms with E-state index in [0.29, 0.717) is 13.0 Å². The van der Waals surface area contributed by atoms with Crippen LogP contribution in [0.5, 0.6) is 0 Å². The summed E-state index contributed by atoms with van der Waals surface area (Å²) in [5, 5.41) is 0. The third kappa shape index (κ3) is 7.21. The first-order chi connectivity index (χ1) is 7.01. The van der Waals surface area contributed by atoms with Gasteiger partial charge in [0, 0.05) is 25.4 Å². The molecule has 1 rings (SSSR count). The first kappa shape index (κ1) is 16.8. The standard InChI is InChI=1S/C9H19NO4S.Na/c1-2-10-5-4-9(8-10)14-6-3-7-15(11,12)13;/h9H,2-8H2,1H3,(H,11,12,13);/q;+1/p-1. The van der Waals surface area contributed by atoms with E-state index in [1.54, 1.807) is 0 Å². The van der Waals surface area contributed by atoms with Crippen LogP contribution in [0.25, 0.3) is 0 Å². The van der Waals surface area contributed by atoms with E-state index in [-0.39, 0.29) is 41.4 Å². The van der Waals surface area contributed by atoms with Crippen LogP contribution in [0.15, 0.2) is 0 Å². The maximum atomic E-state index is 10.3. The minimum atomic E-state index is -4.08. The van der Waals surface area contributed by atoms with Gasteiger partial charge in [0.25, 0.3) is 0 Å². The number of nitrogens with zero attached hydrogens (tertiary/aromatic N) is 1. The first-order valence-electron chi connectivity index (χ1n) is 5.29. The largest absolute Gasteiger partial charge is 1.00 e. The van der Waals surface area contributed by atoms with Crippen LogP contribution in [-0.4, -0.2) is 56.0 Å². The molecule has 0 aromatic rings. The number of rotatable bonds is 6. The SMILES string of the molecule is CCN1CCC(OCCCS(=O)(=O)[O-])C1.[Na+]. The van der Waals surface area contributed by atoms with Crippen molar-refractivity contribution in [3.63, 3.8) is 0 Å². The summed E-state index contributed by atoms with van der Waals surface area (Å²) in [6, 6.07) is 0. The molecule has 0 aliphatic carbocycles. The molecule has 1 unspecified atom stereocenters. The van der Waals surface area contributed by atoms with Crippen molar-refractivity contribution in [2.24, 2.45) is 0 Å². The second-order valence-electron chi connectivity index (χ2n) is 3.79. The third-order valence-electron chi connectivity index (χ3n) is 2.57. The molecular weight excluding hydrogens is 241 g/mol. The van der Waals surface area contributed by atoms with Crippen LogP contribution in [0, 0.1) is 0 Å². The van der Waals surface area contributed by atoms with Gasteiger partial charge in [0.1, 0.15) is 0 Å². The predicted octanol–water partition coefficient (Wildman–Crippen LogP) is -2.96. The maximum absolute atomic E-state index is 10.3. The van der Waals surface area contributed by atoms with Gasteiger partial charge in [-0.05, 0) is 19.4 Å². The van der Waals surface area contributed by atoms with Crippen LogP contribution in [0.2, 0.25) is 0 Å². The Morgan fingerprint density at radius 3 is 2.69 bits per heavy atom. The van der Waals surface area contributed by atoms with Gasteiger partial charge in [0.05, 0.1) is 16.2 Å². The first-order valence-corrected chi connectivity index (χ1v) is 6.86. The van der Waals surface area contributed by atoms with Gasteiger partial charge < -0.3 is 14.2 Å². The Bertz CT molecular complexity index is 283. The van der Waals surface area contributed by atoms with Crippen LogP contribution in [0.1, 0.15) is 19.8 Å². The van der Waals surface area contributed by atoms with Gasteiger partial charge in [-0.2, -0.15) is 0 Å². The van der Waals surface area contributed by atoms with Gasteiger partial charge >= 0.3 is 29.6 Å². The summed E-state index contributed by atoms with van der Waals surface area (Å²) < 4.78 is 36.4. The van der Waals surface area contributed by atoms with Crippen LogP contribution < -0.4 is 29.6 Å². The van der Waals surface area contributed by atoms with Gasteiger partial charge in [-0.25, -0.2) is 8.42 Å². The van der Waals surface area contributed by atoms with Crippen molar-refractivity contribution in [2.45, 2.75) is 25.9 Å². The normalized spacial score (nSPS) is 22.0. The van der Waals surface area contributed by atoms with E-state index in [1.807, 2.05) is 0 Å². The average Bonchev–Trinajstić information content (AvgIpc) is 2.59. The van der Waals surface area contributed by atoms with Crippen molar-refractivity contribution in [2.75, 3.05) is 32.0 Å². The van der Waals surface area contributed by atoms with E-state index < -0.39 is 10.1 Å². The van der Waals surface area contributed by atoms with Crippen molar-refractivity contribution < 1.29 is 47.3 Å². The molecule has 0 bridgehead atoms. The molecule has 7 heteroatoms. The Hall–Kier alpha value is 0.830. The Balaban J connectivity index is 0.00000225. The Morgan fingerprint density at radius 1 is 1.50 bits per heavy atom. The van der Waals surface area contributed by atoms with Crippen LogP contribution >= 0.6 is 0 Å². The van der Waals surface area contributed by atoms with Crippen molar-refractivity contribution >= 4 is 10.1 Å². The molecule has 0 aromatic carbocycles. The van der Waals surface area contributed by atoms with Gasteiger partial charge in [0.15, 0.2) is 0 Å². The molecular formula is C9H18NNaO4S. The molecule has 0 radical (unpaired) electrons. The van der Waals surface area contributed by atoms with E-state index in [1.165, 1.54) is 0 Å². The number of hydrogen-bond acceptors (Lipinski definition) is 5. The number of likely N-dealkylation sites (tertiary alicyclic amines) is 1. The predicted molar refractivity (Wildman–Crippen MR) is 55.7 cm³/mol. The molecule has 0 N–H and O–H groups in total. The Kier molecular flexibility index (Phi) is 8.44. The van der Waals surface area contributed by atoms with E-state index in [2.05, 4.69) is 11.8 Å². The van der Waals surface area contributed by atoms with Crippen LogP contribution in [0.4, 0.5) is 0 Å². The third-order valence-corrected chi connectivity index (χ3v) is 3.36. The molecule has 1 atom stereocenters. The monoisotopic (exact) mass is 259 g/mol. The summed E-state index contributed by atoms with van der Waals surface area (Å²) in [7, 11) is -4.08. The van der Waals surface area contributed by atoms with E-state index in [9.17, 15) is 13.0 Å². The summed E-state index contributed by atoms with van der Waals surface area (Å²) in [6.07, 6.45) is 1.51. The van der Waals surface area contributed by atoms with Gasteiger partial charge in [0.2, 0.25) is 0 Å². The fourth-order valence-corrected chi connectivity index (χ4v) is 2.18. The van der Waals surface area contributed by atoms with Gasteiger partial charge in [-0.15, -0.1) is 0 Å². The molecule has 16 heavy (non-hydrogen) atoms. The molecule has 0 saturated carbocycles. The number of hydrogen-bond donors (Lipinski definition) is 0. The molecule has 1 aliphatic heterocycles. The van der Waals surface area contributed by atoms with E-state index in [0.717, 1.165) is 26.1 Å². The summed E-state index contributed by atoms with van der Waals surface area (Å²) in [5.41, 5.74) is 0. The summed E-state index contributed by atoms with van der Waals surface area (Å²) in [4.78, 5) is 2.29. The fraction of sp³-hybridized carbons (Fsp3) is 1.00. The number of ether oxygens (including phenoxy) is 1. The molecule has 0 spiro atoms. The quantitative estimate of drug-likeness (QED) is 0.289. The average molecular weight is 259 g/mol. The van der Waals surface area contributed by atoms with Crippen molar-refractivity contribution in [1.82, 2.24) is 4.90 Å². The second kappa shape index (κ2) is 8.02. The zero-order valence-electron chi connectivity index (χ0n) is 10.0. The molecule has 5 nitrogen and oxygen atoms in total. The molecule has 1 fully saturated rings. The minimum absolute atomic E-state index is 0. The Labute approximate surface area is 120 Å². The van der Waals surface area contributed by atoms with E-state index in [4.69, 9.17) is 4.74 Å². The number of likely N-dealkylation sites (N-methyl/N-ethyl adjacent to an activating group) is 1. The molecule has 90 valence electrons. The smallest absolute Gasteiger partial charge is 0.748 e. The van der Waals surface area contributed by atoms with Crippen molar-refractivity contribution in [3.05, 3.63) is 0 Å². The summed E-state index contributed by atoms with van der Waals surface area (Å²) in [6.45, 7) is 5.45.